The molecule has 1 saturated heterocycles. The molecule has 1 N–H and O–H groups in total. The lowest BCUT2D eigenvalue weighted by atomic mass is 9.86. The molecule has 1 aromatic heterocycles. The quantitative estimate of drug-likeness (QED) is 0.758. The molecule has 3 rings (SSSR count). The minimum Gasteiger partial charge on any atom is -0.340 e. The van der Waals surface area contributed by atoms with Gasteiger partial charge in [-0.2, -0.15) is 0 Å². The second kappa shape index (κ2) is 9.29. The van der Waals surface area contributed by atoms with Gasteiger partial charge < -0.3 is 10.2 Å². The maximum atomic E-state index is 13.3. The normalized spacial score (nSPS) is 18.3. The largest absolute Gasteiger partial charge is 0.340 e. The molecule has 0 spiro atoms. The molecule has 0 bridgehead atoms. The average molecular weight is 428 g/mol. The number of piperidine rings is 1. The molecule has 6 heteroatoms. The molecule has 1 aliphatic heterocycles. The first kappa shape index (κ1) is 22.5. The van der Waals surface area contributed by atoms with E-state index >= 15 is 0 Å². The van der Waals surface area contributed by atoms with E-state index in [2.05, 4.69) is 31.1 Å². The van der Waals surface area contributed by atoms with E-state index in [0.29, 0.717) is 12.1 Å². The molecule has 162 valence electrons. The monoisotopic (exact) mass is 427 g/mol. The Bertz CT molecular complexity index is 854. The first-order valence-electron chi connectivity index (χ1n) is 10.8. The van der Waals surface area contributed by atoms with Crippen LogP contribution in [-0.4, -0.2) is 40.8 Å². The van der Waals surface area contributed by atoms with Crippen molar-refractivity contribution >= 4 is 23.2 Å². The summed E-state index contributed by atoms with van der Waals surface area (Å²) in [7, 11) is 0. The average Bonchev–Trinajstić information content (AvgIpc) is 3.25. The van der Waals surface area contributed by atoms with Crippen molar-refractivity contribution < 1.29 is 9.59 Å². The Balaban J connectivity index is 1.69. The van der Waals surface area contributed by atoms with Crippen molar-refractivity contribution in [3.8, 4) is 0 Å². The van der Waals surface area contributed by atoms with Crippen LogP contribution in [0.25, 0.3) is 0 Å². The lowest BCUT2D eigenvalue weighted by molar-refractivity contribution is -0.135. The summed E-state index contributed by atoms with van der Waals surface area (Å²) in [6.45, 7) is 11.8. The van der Waals surface area contributed by atoms with E-state index in [1.54, 1.807) is 11.3 Å². The number of hydrogen-bond acceptors (Lipinski definition) is 4. The smallest absolute Gasteiger partial charge is 0.251 e. The summed E-state index contributed by atoms with van der Waals surface area (Å²) in [6, 6.07) is 7.14. The van der Waals surface area contributed by atoms with Crippen LogP contribution in [-0.2, 0) is 10.2 Å². The van der Waals surface area contributed by atoms with Crippen LogP contribution in [0, 0.1) is 5.92 Å². The van der Waals surface area contributed by atoms with Gasteiger partial charge in [0.05, 0.1) is 5.01 Å². The summed E-state index contributed by atoms with van der Waals surface area (Å²) in [6.07, 6.45) is 3.84. The Labute approximate surface area is 183 Å². The van der Waals surface area contributed by atoms with E-state index in [1.807, 2.05) is 54.6 Å². The van der Waals surface area contributed by atoms with Crippen LogP contribution in [0.15, 0.2) is 35.8 Å². The van der Waals surface area contributed by atoms with Crippen LogP contribution >= 0.6 is 11.3 Å². The molecule has 0 radical (unpaired) electrons. The molecule has 1 fully saturated rings. The Hall–Kier alpha value is -2.21. The predicted molar refractivity (Wildman–Crippen MR) is 122 cm³/mol. The van der Waals surface area contributed by atoms with E-state index in [4.69, 9.17) is 0 Å². The topological polar surface area (TPSA) is 62.3 Å². The van der Waals surface area contributed by atoms with E-state index < -0.39 is 6.04 Å². The summed E-state index contributed by atoms with van der Waals surface area (Å²) in [5.74, 6) is 0.105. The fraction of sp³-hybridized carbons (Fsp3) is 0.542. The van der Waals surface area contributed by atoms with Crippen molar-refractivity contribution in [3.63, 3.8) is 0 Å². The Morgan fingerprint density at radius 3 is 2.47 bits per heavy atom. The maximum absolute atomic E-state index is 13.3. The van der Waals surface area contributed by atoms with Crippen molar-refractivity contribution in [1.29, 1.82) is 0 Å². The highest BCUT2D eigenvalue weighted by molar-refractivity contribution is 7.09. The van der Waals surface area contributed by atoms with Gasteiger partial charge in [0.2, 0.25) is 5.91 Å². The second-order valence-electron chi connectivity index (χ2n) is 9.52. The first-order valence-corrected chi connectivity index (χ1v) is 11.6. The Kier molecular flexibility index (Phi) is 6.96. The van der Waals surface area contributed by atoms with Crippen LogP contribution in [0.3, 0.4) is 0 Å². The third-order valence-electron chi connectivity index (χ3n) is 5.77. The van der Waals surface area contributed by atoms with Gasteiger partial charge in [0.15, 0.2) is 0 Å². The molecule has 2 unspecified atom stereocenters. The molecule has 0 saturated carbocycles. The molecule has 2 heterocycles. The highest BCUT2D eigenvalue weighted by atomic mass is 32.1. The minimum absolute atomic E-state index is 0.00548. The molecule has 1 aliphatic rings. The van der Waals surface area contributed by atoms with Gasteiger partial charge in [0.1, 0.15) is 6.04 Å². The van der Waals surface area contributed by atoms with Gasteiger partial charge in [-0.1, -0.05) is 46.8 Å². The van der Waals surface area contributed by atoms with E-state index in [1.165, 1.54) is 5.56 Å². The van der Waals surface area contributed by atoms with Crippen molar-refractivity contribution in [1.82, 2.24) is 15.2 Å². The molecule has 2 aromatic rings. The fourth-order valence-electron chi connectivity index (χ4n) is 3.87. The summed E-state index contributed by atoms with van der Waals surface area (Å²) in [5.41, 5.74) is 1.80. The fourth-order valence-corrected chi connectivity index (χ4v) is 4.64. The van der Waals surface area contributed by atoms with E-state index in [0.717, 1.165) is 24.4 Å². The summed E-state index contributed by atoms with van der Waals surface area (Å²) in [4.78, 5) is 32.5. The highest BCUT2D eigenvalue weighted by Gasteiger charge is 2.33. The Morgan fingerprint density at radius 2 is 1.90 bits per heavy atom. The van der Waals surface area contributed by atoms with Gasteiger partial charge >= 0.3 is 0 Å². The third-order valence-corrected chi connectivity index (χ3v) is 6.70. The number of thiazole rings is 1. The van der Waals surface area contributed by atoms with Crippen molar-refractivity contribution in [3.05, 3.63) is 52.0 Å². The molecule has 30 heavy (non-hydrogen) atoms. The van der Waals surface area contributed by atoms with Crippen LogP contribution in [0.2, 0.25) is 0 Å². The molecular weight excluding hydrogens is 394 g/mol. The number of aromatic nitrogens is 1. The lowest BCUT2D eigenvalue weighted by Crippen LogP contribution is -2.53. The van der Waals surface area contributed by atoms with Crippen LogP contribution in [0.4, 0.5) is 0 Å². The zero-order chi connectivity index (χ0) is 21.9. The summed E-state index contributed by atoms with van der Waals surface area (Å²) in [5, 5.41) is 6.07. The number of carbonyl (C=O) groups is 2. The van der Waals surface area contributed by atoms with Crippen LogP contribution in [0.1, 0.15) is 74.3 Å². The standard InChI is InChI=1S/C24H33N3O2S/c1-16(2)20(26-21(28)17-8-10-19(11-9-17)24(3,4)5)23(29)27-13-6-7-18(15-27)22-25-12-14-30-22/h8-12,14,16,18,20H,6-7,13,15H2,1-5H3,(H,26,28). The maximum Gasteiger partial charge on any atom is 0.251 e. The summed E-state index contributed by atoms with van der Waals surface area (Å²) >= 11 is 1.65. The molecule has 2 atom stereocenters. The number of carbonyl (C=O) groups excluding carboxylic acids is 2. The lowest BCUT2D eigenvalue weighted by Gasteiger charge is -2.35. The predicted octanol–water partition coefficient (Wildman–Crippen LogP) is 4.60. The van der Waals surface area contributed by atoms with Crippen molar-refractivity contribution in [2.75, 3.05) is 13.1 Å². The SMILES string of the molecule is CC(C)C(NC(=O)c1ccc(C(C)(C)C)cc1)C(=O)N1CCCC(c2nccs2)C1. The van der Waals surface area contributed by atoms with Crippen molar-refractivity contribution in [2.24, 2.45) is 5.92 Å². The number of benzene rings is 1. The number of amides is 2. The van der Waals surface area contributed by atoms with Gasteiger partial charge in [-0.25, -0.2) is 4.98 Å². The third kappa shape index (κ3) is 5.28. The number of nitrogens with zero attached hydrogens (tertiary/aromatic N) is 2. The molecule has 2 amide bonds. The van der Waals surface area contributed by atoms with Gasteiger partial charge in [-0.3, -0.25) is 9.59 Å². The van der Waals surface area contributed by atoms with Gasteiger partial charge in [-0.15, -0.1) is 11.3 Å². The number of nitrogens with one attached hydrogen (secondary N) is 1. The zero-order valence-corrected chi connectivity index (χ0v) is 19.5. The molecule has 0 aliphatic carbocycles. The molecule has 1 aromatic carbocycles. The molecular formula is C24H33N3O2S. The number of rotatable bonds is 5. The van der Waals surface area contributed by atoms with E-state index in [-0.39, 0.29) is 29.1 Å². The van der Waals surface area contributed by atoms with Crippen LogP contribution < -0.4 is 5.32 Å². The van der Waals surface area contributed by atoms with Crippen LogP contribution in [0.5, 0.6) is 0 Å². The summed E-state index contributed by atoms with van der Waals surface area (Å²) < 4.78 is 0. The number of likely N-dealkylation sites (tertiary alicyclic amines) is 1. The van der Waals surface area contributed by atoms with Gasteiger partial charge in [-0.05, 0) is 41.9 Å². The van der Waals surface area contributed by atoms with E-state index in [9.17, 15) is 9.59 Å². The molecule has 5 nitrogen and oxygen atoms in total. The van der Waals surface area contributed by atoms with Gasteiger partial charge in [0.25, 0.3) is 5.91 Å². The van der Waals surface area contributed by atoms with Crippen molar-refractivity contribution in [2.45, 2.75) is 64.8 Å². The second-order valence-corrected chi connectivity index (χ2v) is 10.4. The highest BCUT2D eigenvalue weighted by Crippen LogP contribution is 2.29. The Morgan fingerprint density at radius 1 is 1.20 bits per heavy atom. The van der Waals surface area contributed by atoms with Gasteiger partial charge in [0, 0.05) is 36.1 Å². The zero-order valence-electron chi connectivity index (χ0n) is 18.6. The first-order chi connectivity index (χ1) is 14.2. The minimum atomic E-state index is -0.533. The number of hydrogen-bond donors (Lipinski definition) is 1.